The van der Waals surface area contributed by atoms with E-state index in [4.69, 9.17) is 15.9 Å². The standard InChI is InChI=1S/C24H30FN7O2S2/c1-2-19(36(27,33)34)16-4-3-5-17(20(16)25)21-22(18-6-9-29-24(26)30-18)35-23(31-21)14-7-10-32(11-8-14)15-12-28-13-15/h3-6,9,14-15,19,28H,2,7-8,10-13H2,1H3,(H2,26,29,30)(H2,27,33,34). The summed E-state index contributed by atoms with van der Waals surface area (Å²) in [6.45, 7) is 5.75. The Labute approximate surface area is 214 Å². The number of likely N-dealkylation sites (tertiary alicyclic amines) is 1. The highest BCUT2D eigenvalue weighted by atomic mass is 32.2. The summed E-state index contributed by atoms with van der Waals surface area (Å²) >= 11 is 1.49. The molecule has 1 unspecified atom stereocenters. The Morgan fingerprint density at radius 2 is 1.97 bits per heavy atom. The number of hydrogen-bond donors (Lipinski definition) is 3. The van der Waals surface area contributed by atoms with Crippen LogP contribution in [0.25, 0.3) is 21.8 Å². The van der Waals surface area contributed by atoms with Gasteiger partial charge in [0.1, 0.15) is 11.1 Å². The van der Waals surface area contributed by atoms with Crippen molar-refractivity contribution in [3.8, 4) is 21.8 Å². The molecule has 0 spiro atoms. The van der Waals surface area contributed by atoms with Crippen molar-refractivity contribution >= 4 is 27.3 Å². The maximum Gasteiger partial charge on any atom is 0.220 e. The molecule has 36 heavy (non-hydrogen) atoms. The molecular formula is C24H30FN7O2S2. The predicted octanol–water partition coefficient (Wildman–Crippen LogP) is 2.88. The van der Waals surface area contributed by atoms with Crippen molar-refractivity contribution in [1.29, 1.82) is 0 Å². The molecule has 2 aliphatic rings. The van der Waals surface area contributed by atoms with E-state index in [1.807, 2.05) is 0 Å². The number of nitrogens with two attached hydrogens (primary N) is 2. The van der Waals surface area contributed by atoms with Crippen molar-refractivity contribution in [2.75, 3.05) is 31.9 Å². The molecule has 3 aromatic rings. The number of piperidine rings is 1. The fourth-order valence-electron chi connectivity index (χ4n) is 5.02. The first-order valence-corrected chi connectivity index (χ1v) is 14.5. The van der Waals surface area contributed by atoms with E-state index in [1.54, 1.807) is 31.3 Å². The molecule has 0 bridgehead atoms. The SMILES string of the molecule is CCC(c1cccc(-c2nc(C3CCN(C4CNC4)CC3)sc2-c2ccnc(N)n2)c1F)S(N)(=O)=O. The van der Waals surface area contributed by atoms with Crippen LogP contribution in [0.1, 0.15) is 47.9 Å². The van der Waals surface area contributed by atoms with Crippen molar-refractivity contribution < 1.29 is 12.8 Å². The van der Waals surface area contributed by atoms with Gasteiger partial charge >= 0.3 is 0 Å². The third kappa shape index (κ3) is 4.88. The van der Waals surface area contributed by atoms with Crippen LogP contribution in [0.3, 0.4) is 0 Å². The van der Waals surface area contributed by atoms with Gasteiger partial charge in [0.25, 0.3) is 0 Å². The van der Waals surface area contributed by atoms with Gasteiger partial charge in [-0.3, -0.25) is 4.90 Å². The molecule has 0 aliphatic carbocycles. The number of thiazole rings is 1. The van der Waals surface area contributed by atoms with E-state index in [9.17, 15) is 8.42 Å². The van der Waals surface area contributed by atoms with Crippen LogP contribution in [0, 0.1) is 5.82 Å². The maximum atomic E-state index is 15.9. The van der Waals surface area contributed by atoms with E-state index in [-0.39, 0.29) is 29.4 Å². The summed E-state index contributed by atoms with van der Waals surface area (Å²) in [5, 5.41) is 8.53. The van der Waals surface area contributed by atoms with Crippen LogP contribution < -0.4 is 16.2 Å². The predicted molar refractivity (Wildman–Crippen MR) is 139 cm³/mol. The Hall–Kier alpha value is -2.51. The topological polar surface area (TPSA) is 140 Å². The number of anilines is 1. The number of nitrogens with one attached hydrogen (secondary N) is 1. The van der Waals surface area contributed by atoms with Gasteiger partial charge in [0.15, 0.2) is 0 Å². The van der Waals surface area contributed by atoms with Crippen LogP contribution in [0.2, 0.25) is 0 Å². The van der Waals surface area contributed by atoms with Gasteiger partial charge in [-0.05, 0) is 44.5 Å². The fourth-order valence-corrected chi connectivity index (χ4v) is 7.24. The molecule has 4 heterocycles. The van der Waals surface area contributed by atoms with Gasteiger partial charge in [0, 0.05) is 42.4 Å². The summed E-state index contributed by atoms with van der Waals surface area (Å²) in [5.41, 5.74) is 7.11. The van der Waals surface area contributed by atoms with Crippen LogP contribution in [0.4, 0.5) is 10.3 Å². The van der Waals surface area contributed by atoms with E-state index in [0.29, 0.717) is 22.3 Å². The second kappa shape index (κ2) is 10.1. The normalized spacial score (nSPS) is 18.8. The zero-order chi connectivity index (χ0) is 25.4. The van der Waals surface area contributed by atoms with Gasteiger partial charge in [-0.25, -0.2) is 32.9 Å². The number of rotatable bonds is 7. The minimum Gasteiger partial charge on any atom is -0.368 e. The molecule has 192 valence electrons. The van der Waals surface area contributed by atoms with Crippen molar-refractivity contribution in [2.24, 2.45) is 5.14 Å². The van der Waals surface area contributed by atoms with Crippen LogP contribution in [0.15, 0.2) is 30.5 Å². The molecule has 5 rings (SSSR count). The molecule has 0 saturated carbocycles. The number of benzene rings is 1. The lowest BCUT2D eigenvalue weighted by molar-refractivity contribution is 0.113. The van der Waals surface area contributed by atoms with Crippen LogP contribution in [-0.2, 0) is 10.0 Å². The van der Waals surface area contributed by atoms with Crippen LogP contribution in [-0.4, -0.2) is 60.5 Å². The summed E-state index contributed by atoms with van der Waals surface area (Å²) in [6, 6.07) is 7.07. The van der Waals surface area contributed by atoms with E-state index in [2.05, 4.69) is 20.2 Å². The number of nitrogen functional groups attached to an aromatic ring is 1. The summed E-state index contributed by atoms with van der Waals surface area (Å²) in [7, 11) is -3.98. The van der Waals surface area contributed by atoms with Crippen LogP contribution in [0.5, 0.6) is 0 Å². The molecule has 0 radical (unpaired) electrons. The maximum absolute atomic E-state index is 15.9. The number of aromatic nitrogens is 3. The van der Waals surface area contributed by atoms with E-state index < -0.39 is 21.1 Å². The Morgan fingerprint density at radius 3 is 2.58 bits per heavy atom. The fraction of sp³-hybridized carbons (Fsp3) is 0.458. The van der Waals surface area contributed by atoms with Gasteiger partial charge in [0.2, 0.25) is 16.0 Å². The van der Waals surface area contributed by atoms with E-state index in [0.717, 1.165) is 44.0 Å². The molecule has 9 nitrogen and oxygen atoms in total. The molecule has 0 amide bonds. The van der Waals surface area contributed by atoms with Crippen molar-refractivity contribution in [2.45, 2.75) is 43.4 Å². The van der Waals surface area contributed by atoms with Gasteiger partial charge in [-0.15, -0.1) is 11.3 Å². The molecule has 2 fully saturated rings. The third-order valence-electron chi connectivity index (χ3n) is 7.10. The van der Waals surface area contributed by atoms with E-state index >= 15 is 4.39 Å². The summed E-state index contributed by atoms with van der Waals surface area (Å²) < 4.78 is 40.2. The Kier molecular flexibility index (Phi) is 7.05. The molecule has 1 atom stereocenters. The summed E-state index contributed by atoms with van der Waals surface area (Å²) in [6.07, 6.45) is 3.67. The van der Waals surface area contributed by atoms with Gasteiger partial charge < -0.3 is 11.1 Å². The zero-order valence-corrected chi connectivity index (χ0v) is 21.7. The monoisotopic (exact) mass is 531 g/mol. The van der Waals surface area contributed by atoms with E-state index in [1.165, 1.54) is 17.4 Å². The highest BCUT2D eigenvalue weighted by molar-refractivity contribution is 7.89. The molecule has 2 aliphatic heterocycles. The first kappa shape index (κ1) is 25.2. The second-order valence-corrected chi connectivity index (χ2v) is 12.1. The zero-order valence-electron chi connectivity index (χ0n) is 20.0. The number of hydrogen-bond acceptors (Lipinski definition) is 9. The van der Waals surface area contributed by atoms with Crippen LogP contribution >= 0.6 is 11.3 Å². The average molecular weight is 532 g/mol. The molecule has 2 saturated heterocycles. The molecule has 2 aromatic heterocycles. The molecule has 5 N–H and O–H groups in total. The first-order chi connectivity index (χ1) is 17.3. The number of primary sulfonamides is 1. The van der Waals surface area contributed by atoms with Crippen molar-refractivity contribution in [1.82, 2.24) is 25.2 Å². The summed E-state index contributed by atoms with van der Waals surface area (Å²) in [5.74, 6) is -0.263. The minimum absolute atomic E-state index is 0.0441. The van der Waals surface area contributed by atoms with Gasteiger partial charge in [0.05, 0.1) is 21.3 Å². The lowest BCUT2D eigenvalue weighted by Gasteiger charge is -2.41. The number of nitrogens with zero attached hydrogens (tertiary/aromatic N) is 4. The second-order valence-electron chi connectivity index (χ2n) is 9.35. The summed E-state index contributed by atoms with van der Waals surface area (Å²) in [4.78, 5) is 16.5. The Morgan fingerprint density at radius 1 is 1.22 bits per heavy atom. The molecule has 1 aromatic carbocycles. The van der Waals surface area contributed by atoms with Crippen molar-refractivity contribution in [3.05, 3.63) is 46.9 Å². The lowest BCUT2D eigenvalue weighted by Crippen LogP contribution is -2.58. The lowest BCUT2D eigenvalue weighted by atomic mass is 9.95. The highest BCUT2D eigenvalue weighted by Crippen LogP contribution is 2.43. The largest absolute Gasteiger partial charge is 0.368 e. The Balaban J connectivity index is 1.56. The minimum atomic E-state index is -3.98. The molecule has 12 heteroatoms. The highest BCUT2D eigenvalue weighted by Gasteiger charge is 2.32. The smallest absolute Gasteiger partial charge is 0.220 e. The van der Waals surface area contributed by atoms with Crippen molar-refractivity contribution in [3.63, 3.8) is 0 Å². The van der Waals surface area contributed by atoms with Gasteiger partial charge in [-0.1, -0.05) is 19.1 Å². The average Bonchev–Trinajstić information content (AvgIpc) is 3.24. The Bertz CT molecular complexity index is 1350. The molecular weight excluding hydrogens is 501 g/mol. The quantitative estimate of drug-likeness (QED) is 0.423. The van der Waals surface area contributed by atoms with Gasteiger partial charge in [-0.2, -0.15) is 0 Å². The number of halogens is 1. The number of sulfonamides is 1. The third-order valence-corrected chi connectivity index (χ3v) is 9.72. The first-order valence-electron chi connectivity index (χ1n) is 12.1.